The van der Waals surface area contributed by atoms with Gasteiger partial charge in [-0.1, -0.05) is 60.7 Å². The molecule has 144 valence electrons. The molecule has 0 aliphatic carbocycles. The van der Waals surface area contributed by atoms with Gasteiger partial charge >= 0.3 is 0 Å². The third kappa shape index (κ3) is 3.33. The molecule has 0 aliphatic heterocycles. The van der Waals surface area contributed by atoms with Crippen LogP contribution in [0.4, 0.5) is 11.4 Å². The van der Waals surface area contributed by atoms with Crippen LogP contribution in [0.5, 0.6) is 5.75 Å². The molecule has 1 heterocycles. The standard InChI is InChI=1S/C25H18N4O/c30-25-15-20(18-9-3-1-4-10-18)22(28-27-19-11-5-2-6-12-19)16-24(25)29-17-26-21-13-7-8-14-23(21)29/h1-17,30H. The zero-order valence-corrected chi connectivity index (χ0v) is 16.1. The summed E-state index contributed by atoms with van der Waals surface area (Å²) < 4.78 is 1.86. The van der Waals surface area contributed by atoms with Crippen molar-refractivity contribution >= 4 is 22.4 Å². The zero-order valence-electron chi connectivity index (χ0n) is 16.1. The highest BCUT2D eigenvalue weighted by Crippen LogP contribution is 2.39. The molecule has 4 aromatic carbocycles. The highest BCUT2D eigenvalue weighted by molar-refractivity contribution is 5.83. The van der Waals surface area contributed by atoms with Crippen molar-refractivity contribution in [2.24, 2.45) is 10.2 Å². The molecule has 5 nitrogen and oxygen atoms in total. The molecule has 1 aromatic heterocycles. The average Bonchev–Trinajstić information content (AvgIpc) is 3.23. The van der Waals surface area contributed by atoms with Gasteiger partial charge in [0.15, 0.2) is 0 Å². The lowest BCUT2D eigenvalue weighted by Crippen LogP contribution is -1.93. The molecule has 1 N–H and O–H groups in total. The monoisotopic (exact) mass is 390 g/mol. The van der Waals surface area contributed by atoms with Gasteiger partial charge in [-0.15, -0.1) is 5.11 Å². The Labute approximate surface area is 173 Å². The van der Waals surface area contributed by atoms with Gasteiger partial charge in [0, 0.05) is 5.56 Å². The van der Waals surface area contributed by atoms with E-state index < -0.39 is 0 Å². The lowest BCUT2D eigenvalue weighted by Gasteiger charge is -2.12. The summed E-state index contributed by atoms with van der Waals surface area (Å²) in [6.45, 7) is 0. The highest BCUT2D eigenvalue weighted by atomic mass is 16.3. The number of rotatable bonds is 4. The summed E-state index contributed by atoms with van der Waals surface area (Å²) in [5.74, 6) is 0.149. The van der Waals surface area contributed by atoms with Gasteiger partial charge in [-0.2, -0.15) is 5.11 Å². The van der Waals surface area contributed by atoms with Crippen molar-refractivity contribution in [1.82, 2.24) is 9.55 Å². The number of imidazole rings is 1. The van der Waals surface area contributed by atoms with Gasteiger partial charge in [-0.25, -0.2) is 4.98 Å². The Morgan fingerprint density at radius 2 is 1.43 bits per heavy atom. The van der Waals surface area contributed by atoms with Crippen LogP contribution in [-0.4, -0.2) is 14.7 Å². The van der Waals surface area contributed by atoms with Crippen molar-refractivity contribution in [3.8, 4) is 22.6 Å². The Kier molecular flexibility index (Phi) is 4.54. The van der Waals surface area contributed by atoms with Crippen LogP contribution in [0, 0.1) is 0 Å². The van der Waals surface area contributed by atoms with Gasteiger partial charge in [0.2, 0.25) is 0 Å². The molecule has 0 saturated carbocycles. The minimum Gasteiger partial charge on any atom is -0.506 e. The summed E-state index contributed by atoms with van der Waals surface area (Å²) in [5.41, 5.74) is 5.56. The molecule has 0 radical (unpaired) electrons. The third-order valence-corrected chi connectivity index (χ3v) is 4.92. The van der Waals surface area contributed by atoms with E-state index in [1.165, 1.54) is 0 Å². The Hall–Kier alpha value is -4.25. The van der Waals surface area contributed by atoms with E-state index in [1.807, 2.05) is 95.6 Å². The van der Waals surface area contributed by atoms with E-state index in [0.717, 1.165) is 27.8 Å². The molecular weight excluding hydrogens is 372 g/mol. The van der Waals surface area contributed by atoms with Crippen LogP contribution in [0.25, 0.3) is 27.8 Å². The summed E-state index contributed by atoms with van der Waals surface area (Å²) in [7, 11) is 0. The van der Waals surface area contributed by atoms with Gasteiger partial charge in [0.05, 0.1) is 28.1 Å². The number of hydrogen-bond donors (Lipinski definition) is 1. The van der Waals surface area contributed by atoms with E-state index >= 15 is 0 Å². The minimum atomic E-state index is 0.149. The number of phenols is 1. The normalized spacial score (nSPS) is 11.3. The van der Waals surface area contributed by atoms with Crippen molar-refractivity contribution in [3.63, 3.8) is 0 Å². The molecule has 0 fully saturated rings. The largest absolute Gasteiger partial charge is 0.506 e. The second-order valence-electron chi connectivity index (χ2n) is 6.86. The van der Waals surface area contributed by atoms with Gasteiger partial charge in [-0.3, -0.25) is 4.57 Å². The van der Waals surface area contributed by atoms with Crippen LogP contribution in [0.15, 0.2) is 114 Å². The van der Waals surface area contributed by atoms with Crippen LogP contribution < -0.4 is 0 Å². The molecule has 0 spiro atoms. The Bertz CT molecular complexity index is 1340. The van der Waals surface area contributed by atoms with E-state index in [4.69, 9.17) is 0 Å². The smallest absolute Gasteiger partial charge is 0.140 e. The Morgan fingerprint density at radius 1 is 0.733 bits per heavy atom. The lowest BCUT2D eigenvalue weighted by atomic mass is 10.0. The predicted molar refractivity (Wildman–Crippen MR) is 119 cm³/mol. The number of benzene rings is 4. The highest BCUT2D eigenvalue weighted by Gasteiger charge is 2.14. The van der Waals surface area contributed by atoms with Crippen molar-refractivity contribution in [1.29, 1.82) is 0 Å². The maximum absolute atomic E-state index is 10.9. The summed E-state index contributed by atoms with van der Waals surface area (Å²) in [5, 5.41) is 19.8. The lowest BCUT2D eigenvalue weighted by molar-refractivity contribution is 0.473. The first kappa shape index (κ1) is 17.8. The number of para-hydroxylation sites is 2. The molecule has 0 atom stereocenters. The number of phenolic OH excluding ortho intramolecular Hbond substituents is 1. The number of nitrogens with zero attached hydrogens (tertiary/aromatic N) is 4. The fourth-order valence-electron chi connectivity index (χ4n) is 3.45. The van der Waals surface area contributed by atoms with E-state index in [2.05, 4.69) is 15.2 Å². The molecule has 0 aliphatic rings. The number of hydrogen-bond acceptors (Lipinski definition) is 4. The molecule has 0 amide bonds. The molecule has 30 heavy (non-hydrogen) atoms. The predicted octanol–water partition coefficient (Wildman–Crippen LogP) is 6.81. The summed E-state index contributed by atoms with van der Waals surface area (Å²) in [6, 6.07) is 30.8. The zero-order chi connectivity index (χ0) is 20.3. The second-order valence-corrected chi connectivity index (χ2v) is 6.86. The molecule has 0 saturated heterocycles. The first-order chi connectivity index (χ1) is 14.8. The van der Waals surface area contributed by atoms with Crippen molar-refractivity contribution in [2.75, 3.05) is 0 Å². The van der Waals surface area contributed by atoms with Crippen molar-refractivity contribution < 1.29 is 5.11 Å². The van der Waals surface area contributed by atoms with Crippen LogP contribution >= 0.6 is 0 Å². The summed E-state index contributed by atoms with van der Waals surface area (Å²) >= 11 is 0. The van der Waals surface area contributed by atoms with Crippen molar-refractivity contribution in [3.05, 3.63) is 103 Å². The fraction of sp³-hybridized carbons (Fsp3) is 0. The quantitative estimate of drug-likeness (QED) is 0.342. The average molecular weight is 390 g/mol. The first-order valence-corrected chi connectivity index (χ1v) is 9.61. The number of fused-ring (bicyclic) bond motifs is 1. The second kappa shape index (κ2) is 7.64. The van der Waals surface area contributed by atoms with Crippen molar-refractivity contribution in [2.45, 2.75) is 0 Å². The molecule has 5 aromatic rings. The van der Waals surface area contributed by atoms with Gasteiger partial charge in [0.1, 0.15) is 12.1 Å². The molecule has 0 unspecified atom stereocenters. The molecule has 5 heteroatoms. The summed E-state index contributed by atoms with van der Waals surface area (Å²) in [4.78, 5) is 4.44. The topological polar surface area (TPSA) is 62.8 Å². The Balaban J connectivity index is 1.69. The SMILES string of the molecule is Oc1cc(-c2ccccc2)c(N=Nc2ccccc2)cc1-n1cnc2ccccc21. The van der Waals surface area contributed by atoms with Gasteiger partial charge in [-0.05, 0) is 42.0 Å². The van der Waals surface area contributed by atoms with Crippen LogP contribution in [-0.2, 0) is 0 Å². The molecule has 0 bridgehead atoms. The number of azo groups is 1. The van der Waals surface area contributed by atoms with E-state index in [-0.39, 0.29) is 5.75 Å². The molecule has 5 rings (SSSR count). The number of aromatic hydroxyl groups is 1. The molecular formula is C25H18N4O. The maximum atomic E-state index is 10.9. The van der Waals surface area contributed by atoms with E-state index in [0.29, 0.717) is 11.4 Å². The van der Waals surface area contributed by atoms with E-state index in [9.17, 15) is 5.11 Å². The Morgan fingerprint density at radius 3 is 2.23 bits per heavy atom. The number of aromatic nitrogens is 2. The first-order valence-electron chi connectivity index (χ1n) is 9.61. The van der Waals surface area contributed by atoms with Crippen LogP contribution in [0.2, 0.25) is 0 Å². The van der Waals surface area contributed by atoms with Gasteiger partial charge in [0.25, 0.3) is 0 Å². The van der Waals surface area contributed by atoms with Crippen LogP contribution in [0.3, 0.4) is 0 Å². The fourth-order valence-corrected chi connectivity index (χ4v) is 3.45. The third-order valence-electron chi connectivity index (χ3n) is 4.92. The maximum Gasteiger partial charge on any atom is 0.140 e. The minimum absolute atomic E-state index is 0.149. The van der Waals surface area contributed by atoms with Crippen LogP contribution in [0.1, 0.15) is 0 Å². The van der Waals surface area contributed by atoms with E-state index in [1.54, 1.807) is 12.4 Å². The summed E-state index contributed by atoms with van der Waals surface area (Å²) in [6.07, 6.45) is 1.71. The van der Waals surface area contributed by atoms with Gasteiger partial charge < -0.3 is 5.11 Å².